The summed E-state index contributed by atoms with van der Waals surface area (Å²) in [4.78, 5) is 9.17. The fourth-order valence-corrected chi connectivity index (χ4v) is 1.92. The molecule has 0 unspecified atom stereocenters. The Kier molecular flexibility index (Phi) is 1.70. The van der Waals surface area contributed by atoms with Crippen molar-refractivity contribution in [1.29, 1.82) is 0 Å². The van der Waals surface area contributed by atoms with Crippen molar-refractivity contribution in [3.8, 4) is 0 Å². The van der Waals surface area contributed by atoms with Gasteiger partial charge in [-0.2, -0.15) is 0 Å². The number of nitrogens with zero attached hydrogens (tertiary/aromatic N) is 2. The van der Waals surface area contributed by atoms with E-state index < -0.39 is 0 Å². The second-order valence-electron chi connectivity index (χ2n) is 3.98. The molecule has 3 rings (SSSR count). The third-order valence-electron chi connectivity index (χ3n) is 2.88. The molecule has 0 amide bonds. The van der Waals surface area contributed by atoms with Gasteiger partial charge in [0, 0.05) is 31.6 Å². The van der Waals surface area contributed by atoms with E-state index in [2.05, 4.69) is 20.6 Å². The summed E-state index contributed by atoms with van der Waals surface area (Å²) in [5.41, 5.74) is 2.43. The first kappa shape index (κ1) is 8.17. The Labute approximate surface area is 83.1 Å². The average molecular weight is 190 g/mol. The third kappa shape index (κ3) is 1.18. The quantitative estimate of drug-likeness (QED) is 0.730. The molecule has 0 radical (unpaired) electrons. The van der Waals surface area contributed by atoms with Gasteiger partial charge in [-0.3, -0.25) is 0 Å². The van der Waals surface area contributed by atoms with Crippen LogP contribution in [-0.2, 0) is 13.1 Å². The molecule has 2 heterocycles. The van der Waals surface area contributed by atoms with Gasteiger partial charge in [0.15, 0.2) is 0 Å². The summed E-state index contributed by atoms with van der Waals surface area (Å²) in [5.74, 6) is 2.69. The third-order valence-corrected chi connectivity index (χ3v) is 2.88. The van der Waals surface area contributed by atoms with Crippen molar-refractivity contribution < 1.29 is 0 Å². The normalized spacial score (nSPS) is 19.5. The van der Waals surface area contributed by atoms with Gasteiger partial charge in [0.05, 0.1) is 5.69 Å². The largest absolute Gasteiger partial charge is 0.373 e. The zero-order valence-electron chi connectivity index (χ0n) is 8.30. The van der Waals surface area contributed by atoms with Gasteiger partial charge in [0.1, 0.15) is 11.6 Å². The predicted molar refractivity (Wildman–Crippen MR) is 54.1 cm³/mol. The molecule has 4 heteroatoms. The van der Waals surface area contributed by atoms with Gasteiger partial charge in [-0.1, -0.05) is 0 Å². The molecular formula is C10H14N4. The zero-order chi connectivity index (χ0) is 9.54. The number of hydrogen-bond donors (Lipinski definition) is 2. The lowest BCUT2D eigenvalue weighted by molar-refractivity contribution is 0.755. The van der Waals surface area contributed by atoms with Crippen LogP contribution in [0.5, 0.6) is 0 Å². The summed E-state index contributed by atoms with van der Waals surface area (Å²) >= 11 is 0. The van der Waals surface area contributed by atoms with E-state index in [-0.39, 0.29) is 0 Å². The first-order valence-electron chi connectivity index (χ1n) is 5.16. The minimum absolute atomic E-state index is 0.632. The van der Waals surface area contributed by atoms with Gasteiger partial charge >= 0.3 is 0 Å². The highest BCUT2D eigenvalue weighted by molar-refractivity contribution is 5.48. The summed E-state index contributed by atoms with van der Waals surface area (Å²) in [6.45, 7) is 1.79. The number of aromatic nitrogens is 2. The summed E-state index contributed by atoms with van der Waals surface area (Å²) in [6.07, 6.45) is 2.52. The average Bonchev–Trinajstić information content (AvgIpc) is 2.95. The van der Waals surface area contributed by atoms with E-state index in [0.717, 1.165) is 24.7 Å². The Morgan fingerprint density at radius 3 is 2.86 bits per heavy atom. The fourth-order valence-electron chi connectivity index (χ4n) is 1.92. The summed E-state index contributed by atoms with van der Waals surface area (Å²) in [7, 11) is 1.93. The molecule has 1 aliphatic carbocycles. The maximum absolute atomic E-state index is 4.61. The van der Waals surface area contributed by atoms with Crippen LogP contribution < -0.4 is 10.6 Å². The standard InChI is InChI=1S/C10H14N4/c1-11-10-7-4-12-5-8(7)13-9(14-10)6-2-3-6/h6,12H,2-5H2,1H3,(H,11,13,14). The van der Waals surface area contributed by atoms with Crippen LogP contribution in [-0.4, -0.2) is 17.0 Å². The van der Waals surface area contributed by atoms with E-state index in [1.54, 1.807) is 0 Å². The van der Waals surface area contributed by atoms with E-state index >= 15 is 0 Å². The predicted octanol–water partition coefficient (Wildman–Crippen LogP) is 0.999. The number of nitrogens with one attached hydrogen (secondary N) is 2. The van der Waals surface area contributed by atoms with Crippen LogP contribution >= 0.6 is 0 Å². The summed E-state index contributed by atoms with van der Waals surface area (Å²) in [5, 5.41) is 6.47. The van der Waals surface area contributed by atoms with Crippen molar-refractivity contribution in [2.45, 2.75) is 31.8 Å². The molecule has 0 saturated heterocycles. The zero-order valence-corrected chi connectivity index (χ0v) is 8.30. The second kappa shape index (κ2) is 2.92. The Morgan fingerprint density at radius 1 is 1.29 bits per heavy atom. The van der Waals surface area contributed by atoms with E-state index in [4.69, 9.17) is 0 Å². The maximum atomic E-state index is 4.61. The smallest absolute Gasteiger partial charge is 0.134 e. The first-order chi connectivity index (χ1) is 6.88. The molecule has 2 aliphatic rings. The second-order valence-corrected chi connectivity index (χ2v) is 3.98. The van der Waals surface area contributed by atoms with E-state index in [9.17, 15) is 0 Å². The number of fused-ring (bicyclic) bond motifs is 1. The monoisotopic (exact) mass is 190 g/mol. The Bertz CT molecular complexity index is 371. The molecule has 1 aromatic heterocycles. The van der Waals surface area contributed by atoms with Crippen molar-refractivity contribution >= 4 is 5.82 Å². The van der Waals surface area contributed by atoms with Crippen LogP contribution in [0.15, 0.2) is 0 Å². The first-order valence-corrected chi connectivity index (χ1v) is 5.16. The van der Waals surface area contributed by atoms with Gasteiger partial charge in [-0.15, -0.1) is 0 Å². The van der Waals surface area contributed by atoms with Crippen molar-refractivity contribution in [2.75, 3.05) is 12.4 Å². The SMILES string of the molecule is CNc1nc(C2CC2)nc2c1CNC2. The van der Waals surface area contributed by atoms with Crippen LogP contribution in [0.2, 0.25) is 0 Å². The highest BCUT2D eigenvalue weighted by atomic mass is 15.1. The lowest BCUT2D eigenvalue weighted by atomic mass is 10.2. The van der Waals surface area contributed by atoms with Crippen molar-refractivity contribution in [2.24, 2.45) is 0 Å². The lowest BCUT2D eigenvalue weighted by Gasteiger charge is -2.07. The Morgan fingerprint density at radius 2 is 2.14 bits per heavy atom. The van der Waals surface area contributed by atoms with E-state index in [1.165, 1.54) is 24.1 Å². The topological polar surface area (TPSA) is 49.8 Å². The molecule has 0 bridgehead atoms. The van der Waals surface area contributed by atoms with Crippen LogP contribution in [0.4, 0.5) is 5.82 Å². The highest BCUT2D eigenvalue weighted by Gasteiger charge is 2.29. The van der Waals surface area contributed by atoms with Crippen molar-refractivity contribution in [1.82, 2.24) is 15.3 Å². The van der Waals surface area contributed by atoms with Crippen LogP contribution in [0, 0.1) is 0 Å². The molecular weight excluding hydrogens is 176 g/mol. The molecule has 2 N–H and O–H groups in total. The van der Waals surface area contributed by atoms with Gasteiger partial charge in [-0.25, -0.2) is 9.97 Å². The van der Waals surface area contributed by atoms with Crippen molar-refractivity contribution in [3.05, 3.63) is 17.1 Å². The lowest BCUT2D eigenvalue weighted by Crippen LogP contribution is -2.04. The van der Waals surface area contributed by atoms with E-state index in [0.29, 0.717) is 5.92 Å². The summed E-state index contributed by atoms with van der Waals surface area (Å²) < 4.78 is 0. The molecule has 0 spiro atoms. The number of anilines is 1. The van der Waals surface area contributed by atoms with Gasteiger partial charge in [-0.05, 0) is 12.8 Å². The van der Waals surface area contributed by atoms with E-state index in [1.807, 2.05) is 7.05 Å². The maximum Gasteiger partial charge on any atom is 0.134 e. The molecule has 14 heavy (non-hydrogen) atoms. The Hall–Kier alpha value is -1.16. The Balaban J connectivity index is 2.08. The fraction of sp³-hybridized carbons (Fsp3) is 0.600. The minimum Gasteiger partial charge on any atom is -0.373 e. The highest BCUT2D eigenvalue weighted by Crippen LogP contribution is 2.39. The molecule has 1 aliphatic heterocycles. The molecule has 0 aromatic carbocycles. The summed E-state index contributed by atoms with van der Waals surface area (Å²) in [6, 6.07) is 0. The molecule has 4 nitrogen and oxygen atoms in total. The van der Waals surface area contributed by atoms with Crippen LogP contribution in [0.1, 0.15) is 35.8 Å². The van der Waals surface area contributed by atoms with Crippen LogP contribution in [0.3, 0.4) is 0 Å². The van der Waals surface area contributed by atoms with Crippen molar-refractivity contribution in [3.63, 3.8) is 0 Å². The molecule has 74 valence electrons. The van der Waals surface area contributed by atoms with Crippen LogP contribution in [0.25, 0.3) is 0 Å². The molecule has 1 fully saturated rings. The van der Waals surface area contributed by atoms with Gasteiger partial charge in [0.25, 0.3) is 0 Å². The van der Waals surface area contributed by atoms with Gasteiger partial charge in [0.2, 0.25) is 0 Å². The minimum atomic E-state index is 0.632. The molecule has 0 atom stereocenters. The molecule has 1 aromatic rings. The van der Waals surface area contributed by atoms with Gasteiger partial charge < -0.3 is 10.6 Å². The number of rotatable bonds is 2. The molecule has 1 saturated carbocycles. The number of hydrogen-bond acceptors (Lipinski definition) is 4.